The van der Waals surface area contributed by atoms with Gasteiger partial charge in [0.1, 0.15) is 23.2 Å². The zero-order valence-electron chi connectivity index (χ0n) is 16.2. The zero-order valence-corrected chi connectivity index (χ0v) is 16.2. The standard InChI is InChI=1S/C21H18F4N2O3/c1-12(21(23,24)25)30-17-8-7-13(9-26)19(29-2)18(17)20(28)27-10-14(11-27)15-5-3-4-6-16(15)22/h3-8,12,14H,10-11H2,1-2H3. The Hall–Kier alpha value is -3.28. The Labute approximate surface area is 170 Å². The Bertz CT molecular complexity index is 995. The van der Waals surface area contributed by atoms with Gasteiger partial charge in [-0.3, -0.25) is 4.79 Å². The minimum Gasteiger partial charge on any atom is -0.494 e. The van der Waals surface area contributed by atoms with Crippen LogP contribution in [-0.4, -0.2) is 43.3 Å². The molecule has 0 spiro atoms. The molecular weight excluding hydrogens is 404 g/mol. The van der Waals surface area contributed by atoms with Gasteiger partial charge in [0.05, 0.1) is 12.7 Å². The van der Waals surface area contributed by atoms with Gasteiger partial charge in [0.2, 0.25) is 0 Å². The van der Waals surface area contributed by atoms with Gasteiger partial charge in [-0.05, 0) is 30.7 Å². The smallest absolute Gasteiger partial charge is 0.425 e. The SMILES string of the molecule is COc1c(C#N)ccc(OC(C)C(F)(F)F)c1C(=O)N1CC(c2ccccc2F)C1. The van der Waals surface area contributed by atoms with Crippen LogP contribution in [-0.2, 0) is 0 Å². The quantitative estimate of drug-likeness (QED) is 0.675. The largest absolute Gasteiger partial charge is 0.494 e. The highest BCUT2D eigenvalue weighted by atomic mass is 19.4. The molecule has 1 amide bonds. The lowest BCUT2D eigenvalue weighted by Crippen LogP contribution is -2.49. The minimum absolute atomic E-state index is 0.0148. The second kappa shape index (κ2) is 8.22. The molecule has 1 unspecified atom stereocenters. The fraction of sp³-hybridized carbons (Fsp3) is 0.333. The average Bonchev–Trinajstić information content (AvgIpc) is 2.66. The maximum absolute atomic E-state index is 14.0. The number of nitriles is 1. The predicted octanol–water partition coefficient (Wildman–Crippen LogP) is 4.28. The second-order valence-electron chi connectivity index (χ2n) is 6.86. The van der Waals surface area contributed by atoms with Crippen molar-refractivity contribution < 1.29 is 31.8 Å². The van der Waals surface area contributed by atoms with Crippen LogP contribution in [0.4, 0.5) is 17.6 Å². The highest BCUT2D eigenvalue weighted by Crippen LogP contribution is 2.38. The Morgan fingerprint density at radius 3 is 2.47 bits per heavy atom. The first-order valence-corrected chi connectivity index (χ1v) is 9.05. The van der Waals surface area contributed by atoms with Crippen molar-refractivity contribution in [1.29, 1.82) is 5.26 Å². The lowest BCUT2D eigenvalue weighted by Gasteiger charge is -2.40. The lowest BCUT2D eigenvalue weighted by atomic mass is 9.90. The number of benzene rings is 2. The Morgan fingerprint density at radius 1 is 1.23 bits per heavy atom. The van der Waals surface area contributed by atoms with E-state index < -0.39 is 18.2 Å². The van der Waals surface area contributed by atoms with E-state index in [1.54, 1.807) is 18.2 Å². The third kappa shape index (κ3) is 4.03. The Morgan fingerprint density at radius 2 is 1.90 bits per heavy atom. The van der Waals surface area contributed by atoms with Crippen molar-refractivity contribution >= 4 is 5.91 Å². The number of hydrogen-bond donors (Lipinski definition) is 0. The van der Waals surface area contributed by atoms with Crippen LogP contribution < -0.4 is 9.47 Å². The van der Waals surface area contributed by atoms with E-state index in [1.165, 1.54) is 24.1 Å². The number of rotatable bonds is 5. The first kappa shape index (κ1) is 21.4. The molecule has 1 heterocycles. The number of nitrogens with zero attached hydrogens (tertiary/aromatic N) is 2. The monoisotopic (exact) mass is 422 g/mol. The highest BCUT2D eigenvalue weighted by Gasteiger charge is 2.41. The molecule has 0 aliphatic carbocycles. The fourth-order valence-corrected chi connectivity index (χ4v) is 3.23. The normalized spacial score (nSPS) is 15.2. The van der Waals surface area contributed by atoms with Crippen molar-refractivity contribution in [2.75, 3.05) is 20.2 Å². The van der Waals surface area contributed by atoms with Gasteiger partial charge in [-0.1, -0.05) is 18.2 Å². The number of ether oxygens (including phenoxy) is 2. The van der Waals surface area contributed by atoms with Crippen molar-refractivity contribution in [3.8, 4) is 17.6 Å². The van der Waals surface area contributed by atoms with E-state index in [0.29, 0.717) is 5.56 Å². The average molecular weight is 422 g/mol. The van der Waals surface area contributed by atoms with Crippen molar-refractivity contribution in [3.05, 3.63) is 58.9 Å². The first-order valence-electron chi connectivity index (χ1n) is 9.05. The summed E-state index contributed by atoms with van der Waals surface area (Å²) >= 11 is 0. The molecule has 1 aliphatic rings. The maximum Gasteiger partial charge on any atom is 0.425 e. The Kier molecular flexibility index (Phi) is 5.87. The highest BCUT2D eigenvalue weighted by molar-refractivity contribution is 6.01. The molecule has 30 heavy (non-hydrogen) atoms. The molecule has 2 aromatic rings. The summed E-state index contributed by atoms with van der Waals surface area (Å²) in [5, 5.41) is 9.27. The van der Waals surface area contributed by atoms with Gasteiger partial charge in [0, 0.05) is 19.0 Å². The summed E-state index contributed by atoms with van der Waals surface area (Å²) in [5.41, 5.74) is 0.181. The molecule has 1 saturated heterocycles. The zero-order chi connectivity index (χ0) is 22.1. The molecular formula is C21H18F4N2O3. The van der Waals surface area contributed by atoms with E-state index in [0.717, 1.165) is 13.0 Å². The van der Waals surface area contributed by atoms with Crippen molar-refractivity contribution in [2.24, 2.45) is 0 Å². The number of methoxy groups -OCH3 is 1. The van der Waals surface area contributed by atoms with E-state index in [9.17, 15) is 27.6 Å². The fourth-order valence-electron chi connectivity index (χ4n) is 3.23. The molecule has 0 radical (unpaired) electrons. The van der Waals surface area contributed by atoms with Gasteiger partial charge in [0.15, 0.2) is 11.9 Å². The molecule has 0 aromatic heterocycles. The van der Waals surface area contributed by atoms with Gasteiger partial charge in [0.25, 0.3) is 5.91 Å². The van der Waals surface area contributed by atoms with Crippen LogP contribution >= 0.6 is 0 Å². The van der Waals surface area contributed by atoms with Crippen molar-refractivity contribution in [2.45, 2.75) is 25.1 Å². The second-order valence-corrected chi connectivity index (χ2v) is 6.86. The van der Waals surface area contributed by atoms with E-state index in [4.69, 9.17) is 9.47 Å². The van der Waals surface area contributed by atoms with Gasteiger partial charge in [-0.15, -0.1) is 0 Å². The summed E-state index contributed by atoms with van der Waals surface area (Å²) in [7, 11) is 1.21. The number of alkyl halides is 3. The maximum atomic E-state index is 14.0. The van der Waals surface area contributed by atoms with Crippen LogP contribution in [0.25, 0.3) is 0 Å². The topological polar surface area (TPSA) is 62.6 Å². The molecule has 1 atom stereocenters. The van der Waals surface area contributed by atoms with Crippen molar-refractivity contribution in [1.82, 2.24) is 4.90 Å². The molecule has 0 N–H and O–H groups in total. The first-order chi connectivity index (χ1) is 14.2. The third-order valence-corrected chi connectivity index (χ3v) is 4.94. The van der Waals surface area contributed by atoms with Crippen LogP contribution in [0.5, 0.6) is 11.5 Å². The minimum atomic E-state index is -4.64. The Balaban J connectivity index is 1.91. The molecule has 9 heteroatoms. The van der Waals surface area contributed by atoms with Gasteiger partial charge in [-0.2, -0.15) is 18.4 Å². The lowest BCUT2D eigenvalue weighted by molar-refractivity contribution is -0.189. The predicted molar refractivity (Wildman–Crippen MR) is 98.9 cm³/mol. The van der Waals surface area contributed by atoms with E-state index >= 15 is 0 Å². The van der Waals surface area contributed by atoms with Crippen molar-refractivity contribution in [3.63, 3.8) is 0 Å². The summed E-state index contributed by atoms with van der Waals surface area (Å²) in [6.07, 6.45) is -6.82. The van der Waals surface area contributed by atoms with Gasteiger partial charge in [-0.25, -0.2) is 4.39 Å². The molecule has 0 bridgehead atoms. The van der Waals surface area contributed by atoms with Crippen LogP contribution in [0.1, 0.15) is 34.3 Å². The van der Waals surface area contributed by atoms with E-state index in [-0.39, 0.29) is 47.5 Å². The van der Waals surface area contributed by atoms with E-state index in [2.05, 4.69) is 0 Å². The summed E-state index contributed by atoms with van der Waals surface area (Å²) < 4.78 is 63.0. The van der Waals surface area contributed by atoms with E-state index in [1.807, 2.05) is 6.07 Å². The molecule has 1 aliphatic heterocycles. The van der Waals surface area contributed by atoms with Crippen LogP contribution in [0.2, 0.25) is 0 Å². The number of likely N-dealkylation sites (tertiary alicyclic amines) is 1. The number of carbonyl (C=O) groups excluding carboxylic acids is 1. The summed E-state index contributed by atoms with van der Waals surface area (Å²) in [6.45, 7) is 1.17. The summed E-state index contributed by atoms with van der Waals surface area (Å²) in [4.78, 5) is 14.4. The number of carbonyl (C=O) groups is 1. The molecule has 158 valence electrons. The number of amides is 1. The van der Waals surface area contributed by atoms with Crippen LogP contribution in [0.15, 0.2) is 36.4 Å². The van der Waals surface area contributed by atoms with Gasteiger partial charge < -0.3 is 14.4 Å². The van der Waals surface area contributed by atoms with Crippen LogP contribution in [0, 0.1) is 17.1 Å². The molecule has 0 saturated carbocycles. The van der Waals surface area contributed by atoms with Gasteiger partial charge >= 0.3 is 6.18 Å². The molecule has 2 aromatic carbocycles. The molecule has 3 rings (SSSR count). The number of halogens is 4. The third-order valence-electron chi connectivity index (χ3n) is 4.94. The van der Waals surface area contributed by atoms with Crippen LogP contribution in [0.3, 0.4) is 0 Å². The number of hydrogen-bond acceptors (Lipinski definition) is 4. The summed E-state index contributed by atoms with van der Waals surface area (Å²) in [6, 6.07) is 10.4. The summed E-state index contributed by atoms with van der Waals surface area (Å²) in [5.74, 6) is -1.78. The molecule has 5 nitrogen and oxygen atoms in total. The molecule has 1 fully saturated rings.